The van der Waals surface area contributed by atoms with E-state index in [0.29, 0.717) is 23.6 Å². The number of aryl methyl sites for hydroxylation is 2. The molecular formula is C33H30N2O8S. The van der Waals surface area contributed by atoms with Gasteiger partial charge in [0.15, 0.2) is 16.6 Å². The first-order chi connectivity index (χ1) is 21.1. The van der Waals surface area contributed by atoms with Gasteiger partial charge >= 0.3 is 11.9 Å². The van der Waals surface area contributed by atoms with Crippen LogP contribution in [0.4, 0.5) is 5.13 Å². The van der Waals surface area contributed by atoms with E-state index in [-0.39, 0.29) is 39.3 Å². The van der Waals surface area contributed by atoms with E-state index in [9.17, 15) is 24.6 Å². The van der Waals surface area contributed by atoms with E-state index in [2.05, 4.69) is 4.98 Å². The lowest BCUT2D eigenvalue weighted by molar-refractivity contribution is -0.132. The molecule has 0 radical (unpaired) electrons. The number of Topliss-reactive ketones (excluding diaryl/α,β-unsaturated/α-hetero) is 1. The first-order valence-corrected chi connectivity index (χ1v) is 14.6. The zero-order valence-corrected chi connectivity index (χ0v) is 25.3. The van der Waals surface area contributed by atoms with Crippen molar-refractivity contribution in [1.29, 1.82) is 0 Å². The smallest absolute Gasteiger partial charge is 0.350 e. The maximum atomic E-state index is 13.6. The molecule has 10 nitrogen and oxygen atoms in total. The highest BCUT2D eigenvalue weighted by atomic mass is 32.1. The van der Waals surface area contributed by atoms with Crippen LogP contribution in [0.2, 0.25) is 0 Å². The first kappa shape index (κ1) is 30.3. The summed E-state index contributed by atoms with van der Waals surface area (Å²) in [6, 6.07) is 17.7. The largest absolute Gasteiger partial charge is 0.507 e. The van der Waals surface area contributed by atoms with Crippen LogP contribution in [0.3, 0.4) is 0 Å². The second kappa shape index (κ2) is 12.6. The number of rotatable bonds is 9. The van der Waals surface area contributed by atoms with Crippen LogP contribution in [0.1, 0.15) is 50.6 Å². The predicted octanol–water partition coefficient (Wildman–Crippen LogP) is 5.86. The lowest BCUT2D eigenvalue weighted by Gasteiger charge is -2.23. The molecular weight excluding hydrogens is 584 g/mol. The number of anilines is 1. The van der Waals surface area contributed by atoms with Crippen LogP contribution >= 0.6 is 11.3 Å². The Morgan fingerprint density at radius 3 is 2.43 bits per heavy atom. The Hall–Kier alpha value is -5.16. The number of phenols is 1. The maximum absolute atomic E-state index is 13.6. The third-order valence-corrected chi connectivity index (χ3v) is 8.33. The number of hydrogen-bond donors (Lipinski definition) is 2. The summed E-state index contributed by atoms with van der Waals surface area (Å²) in [5.41, 5.74) is 2.92. The molecule has 2 heterocycles. The molecule has 226 valence electrons. The zero-order chi connectivity index (χ0) is 31.5. The van der Waals surface area contributed by atoms with E-state index in [1.54, 1.807) is 38.1 Å². The SMILES string of the molecule is CCOc1cc(C2C(=C(O)c3ccc(OCc4ccccc4C)cc3)C(=O)C(=O)N2c2nc(C)c(C(=O)OC)s2)ccc1O. The number of phenolic OH excluding ortho intramolecular Hbond substituents is 1. The van der Waals surface area contributed by atoms with E-state index < -0.39 is 29.5 Å². The van der Waals surface area contributed by atoms with Gasteiger partial charge in [0.05, 0.1) is 31.0 Å². The number of amides is 1. The number of benzene rings is 3. The molecule has 11 heteroatoms. The number of ether oxygens (including phenoxy) is 3. The average Bonchev–Trinajstić information content (AvgIpc) is 3.53. The fourth-order valence-electron chi connectivity index (χ4n) is 4.88. The Bertz CT molecular complexity index is 1780. The van der Waals surface area contributed by atoms with Crippen molar-refractivity contribution in [2.75, 3.05) is 18.6 Å². The Balaban J connectivity index is 1.57. The highest BCUT2D eigenvalue weighted by Gasteiger charge is 2.48. The summed E-state index contributed by atoms with van der Waals surface area (Å²) in [5, 5.41) is 21.9. The molecule has 1 fully saturated rings. The van der Waals surface area contributed by atoms with Crippen LogP contribution in [0.25, 0.3) is 5.76 Å². The van der Waals surface area contributed by atoms with Crippen molar-refractivity contribution in [2.45, 2.75) is 33.4 Å². The lowest BCUT2D eigenvalue weighted by atomic mass is 9.95. The number of carbonyl (C=O) groups is 3. The normalized spacial score (nSPS) is 15.8. The van der Waals surface area contributed by atoms with Crippen molar-refractivity contribution in [3.8, 4) is 17.2 Å². The number of aliphatic hydroxyl groups excluding tert-OH is 1. The van der Waals surface area contributed by atoms with Gasteiger partial charge in [0.25, 0.3) is 5.78 Å². The third-order valence-electron chi connectivity index (χ3n) is 7.19. The Kier molecular flexibility index (Phi) is 8.68. The number of ketones is 1. The van der Waals surface area contributed by atoms with E-state index in [1.807, 2.05) is 31.2 Å². The van der Waals surface area contributed by atoms with Crippen molar-refractivity contribution >= 4 is 39.9 Å². The van der Waals surface area contributed by atoms with Crippen LogP contribution in [0, 0.1) is 13.8 Å². The summed E-state index contributed by atoms with van der Waals surface area (Å²) in [7, 11) is 1.23. The van der Waals surface area contributed by atoms with E-state index in [1.165, 1.54) is 25.3 Å². The van der Waals surface area contributed by atoms with Crippen molar-refractivity contribution in [3.63, 3.8) is 0 Å². The van der Waals surface area contributed by atoms with Crippen molar-refractivity contribution in [1.82, 2.24) is 4.98 Å². The molecule has 0 aliphatic carbocycles. The molecule has 0 bridgehead atoms. The minimum atomic E-state index is -1.15. The monoisotopic (exact) mass is 614 g/mol. The van der Waals surface area contributed by atoms with Gasteiger partial charge in [-0.1, -0.05) is 41.7 Å². The standard InChI is InChI=1S/C33H30N2O8S/c1-5-42-25-16-21(12-15-24(25)36)27-26(29(38)31(39)35(27)33-34-19(3)30(44-33)32(40)41-4)28(37)20-10-13-23(14-11-20)43-17-22-9-7-6-8-18(22)2/h6-16,27,36-37H,5,17H2,1-4H3. The van der Waals surface area contributed by atoms with Crippen LogP contribution in [0.5, 0.6) is 17.2 Å². The Morgan fingerprint density at radius 2 is 1.75 bits per heavy atom. The van der Waals surface area contributed by atoms with Gasteiger partial charge in [-0.3, -0.25) is 14.5 Å². The molecule has 0 saturated carbocycles. The van der Waals surface area contributed by atoms with Crippen LogP contribution in [-0.2, 0) is 20.9 Å². The lowest BCUT2D eigenvalue weighted by Crippen LogP contribution is -2.29. The van der Waals surface area contributed by atoms with Gasteiger partial charge in [-0.2, -0.15) is 0 Å². The quantitative estimate of drug-likeness (QED) is 0.103. The van der Waals surface area contributed by atoms with Crippen LogP contribution in [0.15, 0.2) is 72.3 Å². The number of thiazole rings is 1. The second-order valence-electron chi connectivity index (χ2n) is 9.97. The molecule has 1 aromatic heterocycles. The van der Waals surface area contributed by atoms with Crippen LogP contribution in [-0.4, -0.2) is 46.6 Å². The number of methoxy groups -OCH3 is 1. The molecule has 1 amide bonds. The Morgan fingerprint density at radius 1 is 1.02 bits per heavy atom. The minimum Gasteiger partial charge on any atom is -0.507 e. The second-order valence-corrected chi connectivity index (χ2v) is 10.9. The molecule has 1 aliphatic heterocycles. The molecule has 3 aromatic carbocycles. The molecule has 1 unspecified atom stereocenters. The molecule has 5 rings (SSSR count). The summed E-state index contributed by atoms with van der Waals surface area (Å²) < 4.78 is 16.3. The molecule has 4 aromatic rings. The molecule has 1 atom stereocenters. The van der Waals surface area contributed by atoms with Crippen molar-refractivity contribution < 1.29 is 38.8 Å². The topological polar surface area (TPSA) is 135 Å². The highest BCUT2D eigenvalue weighted by molar-refractivity contribution is 7.17. The summed E-state index contributed by atoms with van der Waals surface area (Å²) in [4.78, 5) is 45.2. The van der Waals surface area contributed by atoms with Gasteiger partial charge in [0, 0.05) is 5.56 Å². The number of nitrogens with zero attached hydrogens (tertiary/aromatic N) is 2. The summed E-state index contributed by atoms with van der Waals surface area (Å²) in [6.45, 7) is 5.95. The van der Waals surface area contributed by atoms with E-state index in [0.717, 1.165) is 27.4 Å². The molecule has 1 saturated heterocycles. The Labute approximate surface area is 257 Å². The number of esters is 1. The van der Waals surface area contributed by atoms with Gasteiger partial charge < -0.3 is 24.4 Å². The van der Waals surface area contributed by atoms with Gasteiger partial charge in [-0.05, 0) is 73.9 Å². The maximum Gasteiger partial charge on any atom is 0.350 e. The van der Waals surface area contributed by atoms with Crippen LogP contribution < -0.4 is 14.4 Å². The van der Waals surface area contributed by atoms with Gasteiger partial charge in [-0.15, -0.1) is 0 Å². The van der Waals surface area contributed by atoms with Gasteiger partial charge in [0.2, 0.25) is 0 Å². The predicted molar refractivity (Wildman–Crippen MR) is 164 cm³/mol. The number of hydrogen-bond acceptors (Lipinski definition) is 10. The number of carbonyl (C=O) groups excluding carboxylic acids is 3. The highest BCUT2D eigenvalue weighted by Crippen LogP contribution is 2.45. The fraction of sp³-hybridized carbons (Fsp3) is 0.212. The number of aromatic hydroxyl groups is 1. The zero-order valence-electron chi connectivity index (χ0n) is 24.5. The van der Waals surface area contributed by atoms with E-state index >= 15 is 0 Å². The first-order valence-electron chi connectivity index (χ1n) is 13.7. The third kappa shape index (κ3) is 5.73. The minimum absolute atomic E-state index is 0.0695. The summed E-state index contributed by atoms with van der Waals surface area (Å²) in [5.74, 6) is -2.36. The molecule has 1 aliphatic rings. The van der Waals surface area contributed by atoms with Gasteiger partial charge in [0.1, 0.15) is 23.0 Å². The molecule has 44 heavy (non-hydrogen) atoms. The molecule has 0 spiro atoms. The van der Waals surface area contributed by atoms with E-state index in [4.69, 9.17) is 14.2 Å². The van der Waals surface area contributed by atoms with Gasteiger partial charge in [-0.25, -0.2) is 9.78 Å². The summed E-state index contributed by atoms with van der Waals surface area (Å²) in [6.07, 6.45) is 0. The molecule has 2 N–H and O–H groups in total. The van der Waals surface area contributed by atoms with Crippen molar-refractivity contribution in [3.05, 3.63) is 105 Å². The average molecular weight is 615 g/mol. The summed E-state index contributed by atoms with van der Waals surface area (Å²) >= 11 is 0.893. The number of aromatic nitrogens is 1. The number of aliphatic hydroxyl groups is 1. The van der Waals surface area contributed by atoms with Crippen molar-refractivity contribution in [2.24, 2.45) is 0 Å². The fourth-order valence-corrected chi connectivity index (χ4v) is 5.89.